The maximum Gasteiger partial charge on any atom is 0.0492 e. The third-order valence-electron chi connectivity index (χ3n) is 2.56. The van der Waals surface area contributed by atoms with Crippen LogP contribution in [0.1, 0.15) is 13.3 Å². The zero-order valence-electron chi connectivity index (χ0n) is 7.98. The molecule has 2 atom stereocenters. The van der Waals surface area contributed by atoms with Crippen LogP contribution in [0, 0.1) is 11.8 Å². The first kappa shape index (κ1) is 8.49. The van der Waals surface area contributed by atoms with Crippen LogP contribution in [0.2, 0.25) is 0 Å². The summed E-state index contributed by atoms with van der Waals surface area (Å²) in [6.45, 7) is 3.18. The molecule has 0 saturated heterocycles. The highest BCUT2D eigenvalue weighted by atomic mass is 14.7. The van der Waals surface area contributed by atoms with E-state index in [-0.39, 0.29) is 0 Å². The number of hydrogen-bond donors (Lipinski definition) is 0. The fourth-order valence-corrected chi connectivity index (χ4v) is 1.81. The summed E-state index contributed by atoms with van der Waals surface area (Å²) in [6.07, 6.45) is 14.2. The molecule has 0 aromatic rings. The van der Waals surface area contributed by atoms with E-state index in [1.54, 1.807) is 0 Å². The molecule has 0 fully saturated rings. The molecule has 1 aliphatic carbocycles. The molecule has 0 aromatic heterocycles. The van der Waals surface area contributed by atoms with Gasteiger partial charge in [0.25, 0.3) is 0 Å². The van der Waals surface area contributed by atoms with Gasteiger partial charge in [0.2, 0.25) is 0 Å². The zero-order chi connectivity index (χ0) is 9.10. The Labute approximate surface area is 79.6 Å². The zero-order valence-corrected chi connectivity index (χ0v) is 7.98. The van der Waals surface area contributed by atoms with Crippen molar-refractivity contribution in [3.8, 4) is 0 Å². The number of dihydropyridines is 1. The van der Waals surface area contributed by atoms with Crippen LogP contribution in [0.3, 0.4) is 0 Å². The molecule has 0 aromatic carbocycles. The van der Waals surface area contributed by atoms with E-state index < -0.39 is 0 Å². The topological polar surface area (TPSA) is 12.4 Å². The number of nitrogens with zero attached hydrogens (tertiary/aromatic N) is 1. The summed E-state index contributed by atoms with van der Waals surface area (Å²) in [5, 5.41) is 0. The molecule has 2 rings (SSSR count). The molecule has 2 unspecified atom stereocenters. The van der Waals surface area contributed by atoms with Gasteiger partial charge >= 0.3 is 0 Å². The number of hydrogen-bond acceptors (Lipinski definition) is 1. The van der Waals surface area contributed by atoms with Gasteiger partial charge in [-0.3, -0.25) is 4.99 Å². The van der Waals surface area contributed by atoms with E-state index in [1.807, 2.05) is 12.3 Å². The summed E-state index contributed by atoms with van der Waals surface area (Å²) in [6, 6.07) is 0. The Bertz CT molecular complexity index is 294. The Morgan fingerprint density at radius 2 is 2.38 bits per heavy atom. The molecule has 1 nitrogen and oxygen atoms in total. The lowest BCUT2D eigenvalue weighted by Crippen LogP contribution is -2.10. The van der Waals surface area contributed by atoms with Gasteiger partial charge in [-0.2, -0.15) is 0 Å². The van der Waals surface area contributed by atoms with Crippen LogP contribution >= 0.6 is 0 Å². The van der Waals surface area contributed by atoms with Crippen LogP contribution in [-0.2, 0) is 0 Å². The van der Waals surface area contributed by atoms with E-state index in [2.05, 4.69) is 36.2 Å². The van der Waals surface area contributed by atoms with E-state index in [1.165, 1.54) is 12.0 Å². The Morgan fingerprint density at radius 3 is 3.08 bits per heavy atom. The van der Waals surface area contributed by atoms with Crippen molar-refractivity contribution in [2.75, 3.05) is 6.54 Å². The van der Waals surface area contributed by atoms with Gasteiger partial charge in [0.05, 0.1) is 0 Å². The number of aliphatic imine (C=N–C) groups is 1. The van der Waals surface area contributed by atoms with Crippen molar-refractivity contribution in [2.24, 2.45) is 16.8 Å². The van der Waals surface area contributed by atoms with Gasteiger partial charge in [-0.25, -0.2) is 0 Å². The second-order valence-electron chi connectivity index (χ2n) is 3.79. The fourth-order valence-electron chi connectivity index (χ4n) is 1.81. The molecular weight excluding hydrogens is 158 g/mol. The molecule has 2 aliphatic rings. The quantitative estimate of drug-likeness (QED) is 0.578. The van der Waals surface area contributed by atoms with E-state index in [4.69, 9.17) is 0 Å². The summed E-state index contributed by atoms with van der Waals surface area (Å²) >= 11 is 0. The van der Waals surface area contributed by atoms with Crippen LogP contribution < -0.4 is 0 Å². The first-order valence-electron chi connectivity index (χ1n) is 4.91. The molecule has 68 valence electrons. The Kier molecular flexibility index (Phi) is 2.44. The normalized spacial score (nSPS) is 31.9. The maximum atomic E-state index is 4.27. The van der Waals surface area contributed by atoms with Crippen molar-refractivity contribution in [3.05, 3.63) is 36.0 Å². The van der Waals surface area contributed by atoms with Gasteiger partial charge in [0.1, 0.15) is 0 Å². The van der Waals surface area contributed by atoms with Crippen molar-refractivity contribution >= 4 is 6.21 Å². The summed E-state index contributed by atoms with van der Waals surface area (Å²) in [7, 11) is 0. The lowest BCUT2D eigenvalue weighted by atomic mass is 9.89. The van der Waals surface area contributed by atoms with Crippen LogP contribution in [-0.4, -0.2) is 12.8 Å². The summed E-state index contributed by atoms with van der Waals surface area (Å²) < 4.78 is 0. The minimum absolute atomic E-state index is 0.518. The Morgan fingerprint density at radius 1 is 1.46 bits per heavy atom. The van der Waals surface area contributed by atoms with Crippen molar-refractivity contribution in [1.29, 1.82) is 0 Å². The van der Waals surface area contributed by atoms with Crippen LogP contribution in [0.25, 0.3) is 0 Å². The maximum absolute atomic E-state index is 4.27. The standard InChI is InChI=1S/C12H15N/c1-10-4-2-5-11(8-10)12-6-3-7-13-9-12/h2-3,5-8,10,12H,4,9H2,1H3. The van der Waals surface area contributed by atoms with E-state index in [9.17, 15) is 0 Å². The van der Waals surface area contributed by atoms with Crippen molar-refractivity contribution in [3.63, 3.8) is 0 Å². The Hall–Kier alpha value is -1.11. The van der Waals surface area contributed by atoms with Gasteiger partial charge < -0.3 is 0 Å². The van der Waals surface area contributed by atoms with Gasteiger partial charge in [0, 0.05) is 18.7 Å². The smallest absolute Gasteiger partial charge is 0.0492 e. The minimum atomic E-state index is 0.518. The lowest BCUT2D eigenvalue weighted by molar-refractivity contribution is 0.692. The molecule has 1 aliphatic heterocycles. The van der Waals surface area contributed by atoms with E-state index >= 15 is 0 Å². The van der Waals surface area contributed by atoms with Crippen LogP contribution in [0.15, 0.2) is 40.9 Å². The SMILES string of the molecule is CC1C=C(C2C=CC=NC2)C=CC1. The monoisotopic (exact) mass is 173 g/mol. The third-order valence-corrected chi connectivity index (χ3v) is 2.56. The van der Waals surface area contributed by atoms with Gasteiger partial charge in [-0.15, -0.1) is 0 Å². The highest BCUT2D eigenvalue weighted by Crippen LogP contribution is 2.24. The number of allylic oxidation sites excluding steroid dienone is 4. The minimum Gasteiger partial charge on any atom is -0.292 e. The van der Waals surface area contributed by atoms with Crippen molar-refractivity contribution < 1.29 is 0 Å². The molecule has 13 heavy (non-hydrogen) atoms. The average molecular weight is 173 g/mol. The first-order valence-corrected chi connectivity index (χ1v) is 4.91. The lowest BCUT2D eigenvalue weighted by Gasteiger charge is -2.18. The van der Waals surface area contributed by atoms with Crippen molar-refractivity contribution in [2.45, 2.75) is 13.3 Å². The predicted octanol–water partition coefficient (Wildman–Crippen LogP) is 2.77. The van der Waals surface area contributed by atoms with E-state index in [0.29, 0.717) is 11.8 Å². The molecule has 0 saturated carbocycles. The fraction of sp³-hybridized carbons (Fsp3) is 0.417. The molecule has 1 heteroatoms. The van der Waals surface area contributed by atoms with Gasteiger partial charge in [-0.1, -0.05) is 31.2 Å². The van der Waals surface area contributed by atoms with Gasteiger partial charge in [0.15, 0.2) is 0 Å². The second-order valence-corrected chi connectivity index (χ2v) is 3.79. The molecule has 0 bridgehead atoms. The van der Waals surface area contributed by atoms with E-state index in [0.717, 1.165) is 6.54 Å². The molecule has 0 radical (unpaired) electrons. The van der Waals surface area contributed by atoms with Crippen LogP contribution in [0.4, 0.5) is 0 Å². The second kappa shape index (κ2) is 3.73. The number of rotatable bonds is 1. The molecule has 0 N–H and O–H groups in total. The third kappa shape index (κ3) is 1.97. The highest BCUT2D eigenvalue weighted by molar-refractivity contribution is 5.72. The molecular formula is C12H15N. The highest BCUT2D eigenvalue weighted by Gasteiger charge is 2.13. The Balaban J connectivity index is 2.12. The first-order chi connectivity index (χ1) is 6.36. The molecule has 0 amide bonds. The molecule has 0 spiro atoms. The summed E-state index contributed by atoms with van der Waals surface area (Å²) in [5.74, 6) is 1.21. The average Bonchev–Trinajstić information content (AvgIpc) is 2.19. The van der Waals surface area contributed by atoms with Crippen molar-refractivity contribution in [1.82, 2.24) is 0 Å². The van der Waals surface area contributed by atoms with Gasteiger partial charge in [-0.05, 0) is 24.0 Å². The predicted molar refractivity (Wildman–Crippen MR) is 57.0 cm³/mol. The summed E-state index contributed by atoms with van der Waals surface area (Å²) in [4.78, 5) is 4.27. The largest absolute Gasteiger partial charge is 0.292 e. The summed E-state index contributed by atoms with van der Waals surface area (Å²) in [5.41, 5.74) is 1.44. The molecule has 1 heterocycles. The van der Waals surface area contributed by atoms with Crippen LogP contribution in [0.5, 0.6) is 0 Å².